The molecule has 6 heteroatoms. The predicted molar refractivity (Wildman–Crippen MR) is 92.4 cm³/mol. The number of amides is 1. The van der Waals surface area contributed by atoms with E-state index >= 15 is 0 Å². The van der Waals surface area contributed by atoms with Crippen LogP contribution in [0.2, 0.25) is 0 Å². The number of nitrogens with zero attached hydrogens (tertiary/aromatic N) is 2. The van der Waals surface area contributed by atoms with Gasteiger partial charge in [0.15, 0.2) is 6.61 Å². The van der Waals surface area contributed by atoms with Crippen molar-refractivity contribution < 1.29 is 14.3 Å². The molecule has 4 rings (SSSR count). The van der Waals surface area contributed by atoms with E-state index in [9.17, 15) is 9.59 Å². The lowest BCUT2D eigenvalue weighted by molar-refractivity contribution is -0.148. The Morgan fingerprint density at radius 2 is 2.00 bits per heavy atom. The first kappa shape index (κ1) is 15.9. The minimum Gasteiger partial charge on any atom is -0.455 e. The van der Waals surface area contributed by atoms with Crippen LogP contribution in [0.1, 0.15) is 37.8 Å². The molecular formula is C19H21N3O3. The molecule has 0 bridgehead atoms. The molecular weight excluding hydrogens is 318 g/mol. The summed E-state index contributed by atoms with van der Waals surface area (Å²) < 4.78 is 6.83. The number of carbonyl (C=O) groups excluding carboxylic acids is 2. The zero-order valence-electron chi connectivity index (χ0n) is 14.1. The summed E-state index contributed by atoms with van der Waals surface area (Å²) in [6.45, 7) is 1.74. The van der Waals surface area contributed by atoms with Gasteiger partial charge in [-0.1, -0.05) is 25.1 Å². The second-order valence-electron chi connectivity index (χ2n) is 6.95. The van der Waals surface area contributed by atoms with E-state index in [0.717, 1.165) is 30.6 Å². The van der Waals surface area contributed by atoms with Crippen LogP contribution in [0, 0.1) is 11.8 Å². The fraction of sp³-hybridized carbons (Fsp3) is 0.421. The van der Waals surface area contributed by atoms with Gasteiger partial charge in [-0.3, -0.25) is 9.59 Å². The maximum absolute atomic E-state index is 12.2. The number of ether oxygens (including phenoxy) is 1. The molecule has 0 saturated heterocycles. The summed E-state index contributed by atoms with van der Waals surface area (Å²) in [6.07, 6.45) is 3.12. The molecule has 1 heterocycles. The van der Waals surface area contributed by atoms with Gasteiger partial charge >= 0.3 is 5.97 Å². The molecule has 6 nitrogen and oxygen atoms in total. The third kappa shape index (κ3) is 3.57. The molecule has 1 N–H and O–H groups in total. The number of hydrogen-bond donors (Lipinski definition) is 1. The minimum absolute atomic E-state index is 0.0379. The van der Waals surface area contributed by atoms with E-state index < -0.39 is 0 Å². The van der Waals surface area contributed by atoms with Crippen molar-refractivity contribution in [3.05, 3.63) is 42.1 Å². The summed E-state index contributed by atoms with van der Waals surface area (Å²) in [5.41, 5.74) is 1.87. The van der Waals surface area contributed by atoms with Crippen LogP contribution < -0.4 is 5.32 Å². The van der Waals surface area contributed by atoms with Gasteiger partial charge in [0.05, 0.1) is 17.3 Å². The lowest BCUT2D eigenvalue weighted by Gasteiger charge is -2.09. The predicted octanol–water partition coefficient (Wildman–Crippen LogP) is 2.89. The van der Waals surface area contributed by atoms with E-state index in [0.29, 0.717) is 17.7 Å². The van der Waals surface area contributed by atoms with E-state index in [1.165, 1.54) is 0 Å². The molecule has 2 aromatic rings. The number of aromatic nitrogens is 2. The van der Waals surface area contributed by atoms with Gasteiger partial charge in [-0.25, -0.2) is 4.68 Å². The highest BCUT2D eigenvalue weighted by Gasteiger charge is 2.40. The molecule has 2 aliphatic rings. The average molecular weight is 339 g/mol. The molecule has 2 aliphatic carbocycles. The van der Waals surface area contributed by atoms with Gasteiger partial charge in [-0.05, 0) is 37.3 Å². The van der Waals surface area contributed by atoms with Crippen molar-refractivity contribution in [3.63, 3.8) is 0 Å². The van der Waals surface area contributed by atoms with E-state index in [4.69, 9.17) is 4.74 Å². The fourth-order valence-electron chi connectivity index (χ4n) is 2.91. The molecule has 2 saturated carbocycles. The lowest BCUT2D eigenvalue weighted by atomic mass is 10.3. The lowest BCUT2D eigenvalue weighted by Crippen LogP contribution is -2.23. The fourth-order valence-corrected chi connectivity index (χ4v) is 2.91. The maximum Gasteiger partial charge on any atom is 0.309 e. The Morgan fingerprint density at radius 1 is 1.28 bits per heavy atom. The Morgan fingerprint density at radius 3 is 2.64 bits per heavy atom. The second-order valence-corrected chi connectivity index (χ2v) is 6.95. The van der Waals surface area contributed by atoms with Gasteiger partial charge < -0.3 is 10.1 Å². The summed E-state index contributed by atoms with van der Waals surface area (Å²) in [5, 5.41) is 7.46. The van der Waals surface area contributed by atoms with Crippen molar-refractivity contribution in [1.29, 1.82) is 0 Å². The van der Waals surface area contributed by atoms with Crippen LogP contribution in [-0.2, 0) is 14.3 Å². The first-order valence-corrected chi connectivity index (χ1v) is 8.73. The molecule has 25 heavy (non-hydrogen) atoms. The van der Waals surface area contributed by atoms with Crippen LogP contribution in [0.15, 0.2) is 36.4 Å². The van der Waals surface area contributed by atoms with Crippen molar-refractivity contribution in [2.24, 2.45) is 11.8 Å². The number of rotatable bonds is 6. The van der Waals surface area contributed by atoms with Crippen LogP contribution in [0.3, 0.4) is 0 Å². The van der Waals surface area contributed by atoms with Crippen LogP contribution >= 0.6 is 0 Å². The summed E-state index contributed by atoms with van der Waals surface area (Å²) >= 11 is 0. The van der Waals surface area contributed by atoms with Crippen molar-refractivity contribution in [2.45, 2.75) is 32.1 Å². The van der Waals surface area contributed by atoms with Crippen molar-refractivity contribution in [3.8, 4) is 5.69 Å². The largest absolute Gasteiger partial charge is 0.455 e. The van der Waals surface area contributed by atoms with Gasteiger partial charge in [0.2, 0.25) is 0 Å². The summed E-state index contributed by atoms with van der Waals surface area (Å²) in [7, 11) is 0. The molecule has 130 valence electrons. The number of carbonyl (C=O) groups is 2. The monoisotopic (exact) mass is 339 g/mol. The van der Waals surface area contributed by atoms with Crippen LogP contribution in [0.25, 0.3) is 5.69 Å². The van der Waals surface area contributed by atoms with Gasteiger partial charge in [-0.2, -0.15) is 5.10 Å². The maximum atomic E-state index is 12.2. The Hall–Kier alpha value is -2.63. The van der Waals surface area contributed by atoms with Gasteiger partial charge in [-0.15, -0.1) is 0 Å². The smallest absolute Gasteiger partial charge is 0.309 e. The zero-order chi connectivity index (χ0) is 17.4. The molecule has 2 atom stereocenters. The number of esters is 1. The molecule has 0 radical (unpaired) electrons. The quantitative estimate of drug-likeness (QED) is 0.821. The Kier molecular flexibility index (Phi) is 4.03. The number of benzene rings is 1. The molecule has 1 amide bonds. The zero-order valence-corrected chi connectivity index (χ0v) is 14.1. The topological polar surface area (TPSA) is 73.2 Å². The number of para-hydroxylation sites is 1. The molecule has 1 aromatic heterocycles. The van der Waals surface area contributed by atoms with Crippen molar-refractivity contribution >= 4 is 17.7 Å². The third-order valence-corrected chi connectivity index (χ3v) is 4.75. The summed E-state index contributed by atoms with van der Waals surface area (Å²) in [5.74, 6) is 0.794. The highest BCUT2D eigenvalue weighted by atomic mass is 16.5. The Labute approximate surface area is 146 Å². The normalized spacial score (nSPS) is 21.6. The average Bonchev–Trinajstić information content (AvgIpc) is 3.54. The van der Waals surface area contributed by atoms with Crippen molar-refractivity contribution in [1.82, 2.24) is 9.78 Å². The highest BCUT2D eigenvalue weighted by Crippen LogP contribution is 2.40. The van der Waals surface area contributed by atoms with Crippen molar-refractivity contribution in [2.75, 3.05) is 11.9 Å². The number of anilines is 1. The number of nitrogens with one attached hydrogen (secondary N) is 1. The Bertz CT molecular complexity index is 796. The van der Waals surface area contributed by atoms with E-state index in [-0.39, 0.29) is 24.4 Å². The van der Waals surface area contributed by atoms with Crippen LogP contribution in [0.5, 0.6) is 0 Å². The molecule has 2 fully saturated rings. The van der Waals surface area contributed by atoms with Crippen LogP contribution in [0.4, 0.5) is 5.82 Å². The Balaban J connectivity index is 1.45. The van der Waals surface area contributed by atoms with Crippen LogP contribution in [-0.4, -0.2) is 28.3 Å². The second kappa shape index (κ2) is 6.35. The highest BCUT2D eigenvalue weighted by molar-refractivity contribution is 5.92. The molecule has 1 aromatic carbocycles. The van der Waals surface area contributed by atoms with Gasteiger partial charge in [0.25, 0.3) is 5.91 Å². The molecule has 0 unspecified atom stereocenters. The van der Waals surface area contributed by atoms with Gasteiger partial charge in [0, 0.05) is 12.0 Å². The minimum atomic E-state index is -0.346. The standard InChI is InChI=1S/C19H21N3O3/c1-12-9-15(12)19(24)25-11-18(23)20-17-10-16(13-7-8-13)21-22(17)14-5-3-2-4-6-14/h2-6,10,12-13,15H,7-9,11H2,1H3,(H,20,23)/t12-,15-/m0/s1. The summed E-state index contributed by atoms with van der Waals surface area (Å²) in [6, 6.07) is 11.6. The van der Waals surface area contributed by atoms with E-state index in [1.807, 2.05) is 43.3 Å². The molecule has 0 aliphatic heterocycles. The third-order valence-electron chi connectivity index (χ3n) is 4.75. The SMILES string of the molecule is C[C@H]1C[C@@H]1C(=O)OCC(=O)Nc1cc(C2CC2)nn1-c1ccccc1. The molecule has 0 spiro atoms. The van der Waals surface area contributed by atoms with Gasteiger partial charge in [0.1, 0.15) is 5.82 Å². The number of hydrogen-bond acceptors (Lipinski definition) is 4. The summed E-state index contributed by atoms with van der Waals surface area (Å²) in [4.78, 5) is 23.9. The van der Waals surface area contributed by atoms with E-state index in [1.54, 1.807) is 4.68 Å². The first-order valence-electron chi connectivity index (χ1n) is 8.73. The van der Waals surface area contributed by atoms with E-state index in [2.05, 4.69) is 10.4 Å². The first-order chi connectivity index (χ1) is 12.1.